The summed E-state index contributed by atoms with van der Waals surface area (Å²) in [4.78, 5) is 4.51. The molecule has 0 fully saturated rings. The maximum Gasteiger partial charge on any atom is 0.153 e. The Kier molecular flexibility index (Phi) is 3.36. The normalized spacial score (nSPS) is 10.6. The van der Waals surface area contributed by atoms with E-state index in [-0.39, 0.29) is 0 Å². The molecule has 4 heteroatoms. The predicted molar refractivity (Wildman–Crippen MR) is 84.7 cm³/mol. The number of rotatable bonds is 3. The lowest BCUT2D eigenvalue weighted by Crippen LogP contribution is -1.99. The second-order valence-corrected chi connectivity index (χ2v) is 4.66. The van der Waals surface area contributed by atoms with Crippen LogP contribution < -0.4 is 15.2 Å². The highest BCUT2D eigenvalue weighted by atomic mass is 16.5. The molecule has 3 rings (SSSR count). The van der Waals surface area contributed by atoms with E-state index in [4.69, 9.17) is 15.2 Å². The summed E-state index contributed by atoms with van der Waals surface area (Å²) >= 11 is 0. The summed E-state index contributed by atoms with van der Waals surface area (Å²) in [6, 6.07) is 15.5. The van der Waals surface area contributed by atoms with Gasteiger partial charge in [-0.2, -0.15) is 0 Å². The van der Waals surface area contributed by atoms with Gasteiger partial charge in [0.2, 0.25) is 0 Å². The van der Waals surface area contributed by atoms with Crippen LogP contribution in [-0.4, -0.2) is 19.2 Å². The molecule has 106 valence electrons. The van der Waals surface area contributed by atoms with Crippen molar-refractivity contribution in [2.75, 3.05) is 20.0 Å². The molecule has 0 spiro atoms. The van der Waals surface area contributed by atoms with Crippen LogP contribution in [-0.2, 0) is 0 Å². The molecule has 3 aromatic rings. The first kappa shape index (κ1) is 13.2. The lowest BCUT2D eigenvalue weighted by atomic mass is 10.0. The molecule has 2 aromatic carbocycles. The quantitative estimate of drug-likeness (QED) is 0.797. The molecule has 0 aliphatic heterocycles. The Morgan fingerprint density at radius 1 is 0.905 bits per heavy atom. The Hall–Kier alpha value is -2.75. The Labute approximate surface area is 123 Å². The summed E-state index contributed by atoms with van der Waals surface area (Å²) in [6.07, 6.45) is 0. The molecule has 0 aliphatic rings. The highest BCUT2D eigenvalue weighted by molar-refractivity contribution is 5.99. The van der Waals surface area contributed by atoms with Gasteiger partial charge in [-0.05, 0) is 12.1 Å². The van der Waals surface area contributed by atoms with Crippen molar-refractivity contribution in [3.63, 3.8) is 0 Å². The zero-order chi connectivity index (χ0) is 14.8. The predicted octanol–water partition coefficient (Wildman–Crippen LogP) is 3.50. The standard InChI is InChI=1S/C17H16N2O2/c1-20-12-7-5-6-11(10-12)15-16(21-2)13-8-3-4-9-14(13)17(18)19-15/h3-10H,1-2H3,(H2,18,19). The van der Waals surface area contributed by atoms with Crippen LogP contribution in [0.25, 0.3) is 22.0 Å². The van der Waals surface area contributed by atoms with Crippen LogP contribution in [0.4, 0.5) is 5.82 Å². The third-order valence-corrected chi connectivity index (χ3v) is 3.44. The molecule has 21 heavy (non-hydrogen) atoms. The Bertz CT molecular complexity index is 800. The van der Waals surface area contributed by atoms with E-state index in [0.29, 0.717) is 17.3 Å². The number of anilines is 1. The number of hydrogen-bond donors (Lipinski definition) is 1. The molecule has 0 amide bonds. The topological polar surface area (TPSA) is 57.4 Å². The minimum atomic E-state index is 0.490. The van der Waals surface area contributed by atoms with Gasteiger partial charge < -0.3 is 15.2 Å². The van der Waals surface area contributed by atoms with Crippen molar-refractivity contribution >= 4 is 16.6 Å². The average molecular weight is 280 g/mol. The van der Waals surface area contributed by atoms with E-state index >= 15 is 0 Å². The average Bonchev–Trinajstić information content (AvgIpc) is 2.55. The second kappa shape index (κ2) is 5.32. The maximum absolute atomic E-state index is 6.09. The SMILES string of the molecule is COc1cccc(-c2nc(N)c3ccccc3c2OC)c1. The number of pyridine rings is 1. The number of hydrogen-bond acceptors (Lipinski definition) is 4. The van der Waals surface area contributed by atoms with Gasteiger partial charge in [-0.25, -0.2) is 4.98 Å². The summed E-state index contributed by atoms with van der Waals surface area (Å²) < 4.78 is 10.9. The van der Waals surface area contributed by atoms with E-state index in [9.17, 15) is 0 Å². The number of nitrogens with two attached hydrogens (primary N) is 1. The zero-order valence-corrected chi connectivity index (χ0v) is 12.0. The van der Waals surface area contributed by atoms with Crippen molar-refractivity contribution in [2.45, 2.75) is 0 Å². The van der Waals surface area contributed by atoms with Gasteiger partial charge in [0.1, 0.15) is 17.3 Å². The van der Waals surface area contributed by atoms with Crippen LogP contribution in [0, 0.1) is 0 Å². The molecular weight excluding hydrogens is 264 g/mol. The Morgan fingerprint density at radius 3 is 2.38 bits per heavy atom. The summed E-state index contributed by atoms with van der Waals surface area (Å²) in [5.74, 6) is 1.97. The fourth-order valence-electron chi connectivity index (χ4n) is 2.44. The van der Waals surface area contributed by atoms with Crippen molar-refractivity contribution < 1.29 is 9.47 Å². The van der Waals surface area contributed by atoms with Crippen LogP contribution in [0.5, 0.6) is 11.5 Å². The summed E-state index contributed by atoms with van der Waals surface area (Å²) in [6.45, 7) is 0. The van der Waals surface area contributed by atoms with E-state index < -0.39 is 0 Å². The molecule has 0 aliphatic carbocycles. The van der Waals surface area contributed by atoms with Crippen molar-refractivity contribution in [3.05, 3.63) is 48.5 Å². The minimum Gasteiger partial charge on any atom is -0.497 e. The van der Waals surface area contributed by atoms with Crippen molar-refractivity contribution in [2.24, 2.45) is 0 Å². The molecule has 0 bridgehead atoms. The summed E-state index contributed by atoms with van der Waals surface area (Å²) in [5.41, 5.74) is 7.71. The summed E-state index contributed by atoms with van der Waals surface area (Å²) in [5, 5.41) is 1.84. The number of nitrogens with zero attached hydrogens (tertiary/aromatic N) is 1. The monoisotopic (exact) mass is 280 g/mol. The van der Waals surface area contributed by atoms with Crippen LogP contribution in [0.3, 0.4) is 0 Å². The first-order chi connectivity index (χ1) is 10.2. The fraction of sp³-hybridized carbons (Fsp3) is 0.118. The van der Waals surface area contributed by atoms with Gasteiger partial charge in [0.05, 0.1) is 14.2 Å². The van der Waals surface area contributed by atoms with E-state index in [0.717, 1.165) is 22.1 Å². The van der Waals surface area contributed by atoms with Gasteiger partial charge in [-0.1, -0.05) is 36.4 Å². The molecular formula is C17H16N2O2. The highest BCUT2D eigenvalue weighted by Crippen LogP contribution is 2.38. The molecule has 0 radical (unpaired) electrons. The van der Waals surface area contributed by atoms with Gasteiger partial charge in [-0.3, -0.25) is 0 Å². The molecule has 4 nitrogen and oxygen atoms in total. The molecule has 1 aromatic heterocycles. The van der Waals surface area contributed by atoms with E-state index in [2.05, 4.69) is 4.98 Å². The largest absolute Gasteiger partial charge is 0.497 e. The van der Waals surface area contributed by atoms with Crippen LogP contribution in [0.15, 0.2) is 48.5 Å². The minimum absolute atomic E-state index is 0.490. The molecule has 0 saturated heterocycles. The van der Waals surface area contributed by atoms with E-state index in [1.807, 2.05) is 48.5 Å². The van der Waals surface area contributed by atoms with Gasteiger partial charge in [0.15, 0.2) is 5.75 Å². The Balaban J connectivity index is 2.31. The third-order valence-electron chi connectivity index (χ3n) is 3.44. The molecule has 1 heterocycles. The Morgan fingerprint density at radius 2 is 1.67 bits per heavy atom. The van der Waals surface area contributed by atoms with Crippen molar-refractivity contribution in [1.29, 1.82) is 0 Å². The number of aromatic nitrogens is 1. The van der Waals surface area contributed by atoms with E-state index in [1.54, 1.807) is 14.2 Å². The number of nitrogen functional groups attached to an aromatic ring is 1. The van der Waals surface area contributed by atoms with Crippen LogP contribution in [0.2, 0.25) is 0 Å². The van der Waals surface area contributed by atoms with Crippen molar-refractivity contribution in [1.82, 2.24) is 4.98 Å². The zero-order valence-electron chi connectivity index (χ0n) is 12.0. The number of benzene rings is 2. The third kappa shape index (κ3) is 2.25. The lowest BCUT2D eigenvalue weighted by molar-refractivity contribution is 0.414. The van der Waals surface area contributed by atoms with Gasteiger partial charge in [0, 0.05) is 16.3 Å². The smallest absolute Gasteiger partial charge is 0.153 e. The number of ether oxygens (including phenoxy) is 2. The van der Waals surface area contributed by atoms with Gasteiger partial charge in [0.25, 0.3) is 0 Å². The maximum atomic E-state index is 6.09. The van der Waals surface area contributed by atoms with Crippen LogP contribution >= 0.6 is 0 Å². The first-order valence-electron chi connectivity index (χ1n) is 6.61. The highest BCUT2D eigenvalue weighted by Gasteiger charge is 2.14. The van der Waals surface area contributed by atoms with E-state index in [1.165, 1.54) is 0 Å². The fourth-order valence-corrected chi connectivity index (χ4v) is 2.44. The second-order valence-electron chi connectivity index (χ2n) is 4.66. The number of methoxy groups -OCH3 is 2. The lowest BCUT2D eigenvalue weighted by Gasteiger charge is -2.13. The first-order valence-corrected chi connectivity index (χ1v) is 6.61. The summed E-state index contributed by atoms with van der Waals surface area (Å²) in [7, 11) is 3.28. The molecule has 0 unspecified atom stereocenters. The molecule has 0 saturated carbocycles. The van der Waals surface area contributed by atoms with Crippen LogP contribution in [0.1, 0.15) is 0 Å². The molecule has 0 atom stereocenters. The van der Waals surface area contributed by atoms with Gasteiger partial charge in [-0.15, -0.1) is 0 Å². The molecule has 2 N–H and O–H groups in total. The van der Waals surface area contributed by atoms with Gasteiger partial charge >= 0.3 is 0 Å². The number of fused-ring (bicyclic) bond motifs is 1. The van der Waals surface area contributed by atoms with Crippen molar-refractivity contribution in [3.8, 4) is 22.8 Å².